The number of nitrogen functional groups attached to an aromatic ring is 1. The van der Waals surface area contributed by atoms with E-state index in [9.17, 15) is 0 Å². The molecule has 0 aliphatic carbocycles. The topological polar surface area (TPSA) is 107 Å². The quantitative estimate of drug-likeness (QED) is 0.178. The third-order valence-corrected chi connectivity index (χ3v) is 13.4. The number of hydrogen-bond donors (Lipinski definition) is 1. The van der Waals surface area contributed by atoms with Crippen LogP contribution in [0.25, 0.3) is 11.2 Å². The molecule has 3 aromatic carbocycles. The zero-order valence-corrected chi connectivity index (χ0v) is 27.6. The van der Waals surface area contributed by atoms with Gasteiger partial charge in [-0.15, -0.1) is 0 Å². The maximum absolute atomic E-state index is 7.25. The second-order valence-electron chi connectivity index (χ2n) is 12.2. The summed E-state index contributed by atoms with van der Waals surface area (Å²) in [6.07, 6.45) is 2.15. The second kappa shape index (κ2) is 12.7. The molecule has 11 heteroatoms. The van der Waals surface area contributed by atoms with Gasteiger partial charge in [0.1, 0.15) is 36.0 Å². The third kappa shape index (κ3) is 6.21. The first-order chi connectivity index (χ1) is 21.7. The number of fused-ring (bicyclic) bond motifs is 1. The van der Waals surface area contributed by atoms with E-state index in [1.807, 2.05) is 47.9 Å². The summed E-state index contributed by atoms with van der Waals surface area (Å²) in [5.74, 6) is 0.915. The Hall–Kier alpha value is -4.16. The number of imidazole rings is 1. The summed E-state index contributed by atoms with van der Waals surface area (Å²) in [5.41, 5.74) is 8.30. The fourth-order valence-corrected chi connectivity index (χ4v) is 10.8. The second-order valence-corrected chi connectivity index (χ2v) is 16.9. The first-order valence-electron chi connectivity index (χ1n) is 14.9. The van der Waals surface area contributed by atoms with Crippen LogP contribution in [0.1, 0.15) is 39.0 Å². The molecular formula is C34H37N5O4SSi. The number of ether oxygens (including phenoxy) is 3. The smallest absolute Gasteiger partial charge is 0.358 e. The minimum absolute atomic E-state index is 0.0191. The van der Waals surface area contributed by atoms with Crippen molar-refractivity contribution in [3.8, 4) is 5.75 Å². The summed E-state index contributed by atoms with van der Waals surface area (Å²) in [6.45, 7) is 9.03. The normalized spacial score (nSPS) is 18.6. The monoisotopic (exact) mass is 639 g/mol. The molecule has 0 spiro atoms. The first kappa shape index (κ1) is 30.8. The predicted octanol–water partition coefficient (Wildman–Crippen LogP) is 5.33. The molecule has 6 rings (SSSR count). The summed E-state index contributed by atoms with van der Waals surface area (Å²) in [7, 11) is -2.85. The van der Waals surface area contributed by atoms with Gasteiger partial charge in [-0.2, -0.15) is 0 Å². The average Bonchev–Trinajstić information content (AvgIpc) is 3.64. The van der Waals surface area contributed by atoms with Crippen LogP contribution in [0.3, 0.4) is 0 Å². The van der Waals surface area contributed by atoms with Crippen LogP contribution >= 0.6 is 12.2 Å². The lowest BCUT2D eigenvalue weighted by atomic mass is 10.2. The average molecular weight is 640 g/mol. The molecule has 2 N–H and O–H groups in total. The van der Waals surface area contributed by atoms with E-state index in [0.717, 1.165) is 5.56 Å². The van der Waals surface area contributed by atoms with Gasteiger partial charge in [-0.3, -0.25) is 4.57 Å². The van der Waals surface area contributed by atoms with E-state index in [0.29, 0.717) is 29.2 Å². The number of benzene rings is 3. The number of rotatable bonds is 8. The molecular weight excluding hydrogens is 603 g/mol. The van der Waals surface area contributed by atoms with Gasteiger partial charge < -0.3 is 24.4 Å². The van der Waals surface area contributed by atoms with E-state index in [-0.39, 0.29) is 16.9 Å². The van der Waals surface area contributed by atoms with Gasteiger partial charge in [-0.25, -0.2) is 15.0 Å². The van der Waals surface area contributed by atoms with Gasteiger partial charge >= 0.3 is 5.24 Å². The Labute approximate surface area is 269 Å². The van der Waals surface area contributed by atoms with Gasteiger partial charge in [0, 0.05) is 18.6 Å². The van der Waals surface area contributed by atoms with E-state index < -0.39 is 26.8 Å². The molecule has 1 aliphatic rings. The van der Waals surface area contributed by atoms with E-state index in [1.54, 1.807) is 6.33 Å². The minimum Gasteiger partial charge on any atom is -0.450 e. The van der Waals surface area contributed by atoms with Crippen molar-refractivity contribution in [3.05, 3.63) is 103 Å². The lowest BCUT2D eigenvalue weighted by Gasteiger charge is -2.43. The lowest BCUT2D eigenvalue weighted by molar-refractivity contribution is -0.0394. The van der Waals surface area contributed by atoms with Crippen LogP contribution in [0.5, 0.6) is 5.75 Å². The highest BCUT2D eigenvalue weighted by Crippen LogP contribution is 2.39. The van der Waals surface area contributed by atoms with Crippen LogP contribution in [0.2, 0.25) is 5.04 Å². The van der Waals surface area contributed by atoms with Crippen LogP contribution in [-0.4, -0.2) is 51.9 Å². The van der Waals surface area contributed by atoms with Crippen LogP contribution in [-0.2, 0) is 13.9 Å². The molecule has 2 aromatic heterocycles. The summed E-state index contributed by atoms with van der Waals surface area (Å²) >= 11 is 5.57. The number of anilines is 1. The molecule has 0 bridgehead atoms. The molecule has 0 unspecified atom stereocenters. The zero-order chi connectivity index (χ0) is 31.6. The predicted molar refractivity (Wildman–Crippen MR) is 181 cm³/mol. The van der Waals surface area contributed by atoms with E-state index in [4.69, 9.17) is 36.6 Å². The van der Waals surface area contributed by atoms with Gasteiger partial charge in [0.05, 0.1) is 12.9 Å². The Morgan fingerprint density at radius 1 is 0.956 bits per heavy atom. The number of aryl methyl sites for hydroxylation is 1. The van der Waals surface area contributed by atoms with Crippen molar-refractivity contribution in [3.63, 3.8) is 0 Å². The lowest BCUT2D eigenvalue weighted by Crippen LogP contribution is -2.67. The van der Waals surface area contributed by atoms with Gasteiger partial charge in [0.15, 0.2) is 11.5 Å². The highest BCUT2D eigenvalue weighted by Gasteiger charge is 2.51. The minimum atomic E-state index is -2.85. The molecule has 232 valence electrons. The summed E-state index contributed by atoms with van der Waals surface area (Å²) in [5, 5.41) is 2.18. The molecule has 1 fully saturated rings. The Kier molecular flexibility index (Phi) is 8.69. The van der Waals surface area contributed by atoms with Crippen molar-refractivity contribution in [1.29, 1.82) is 0 Å². The molecule has 1 saturated heterocycles. The fourth-order valence-electron chi connectivity index (χ4n) is 6.04. The Balaban J connectivity index is 1.32. The Bertz CT molecular complexity index is 1720. The zero-order valence-electron chi connectivity index (χ0n) is 25.8. The summed E-state index contributed by atoms with van der Waals surface area (Å²) in [4.78, 5) is 13.0. The molecule has 0 radical (unpaired) electrons. The van der Waals surface area contributed by atoms with Crippen LogP contribution in [0.15, 0.2) is 97.6 Å². The number of hydrogen-bond acceptors (Lipinski definition) is 9. The van der Waals surface area contributed by atoms with Gasteiger partial charge in [-0.1, -0.05) is 99.1 Å². The maximum Gasteiger partial charge on any atom is 0.358 e. The van der Waals surface area contributed by atoms with E-state index in [1.165, 1.54) is 16.7 Å². The highest BCUT2D eigenvalue weighted by molar-refractivity contribution is 7.79. The van der Waals surface area contributed by atoms with Gasteiger partial charge in [0.2, 0.25) is 0 Å². The van der Waals surface area contributed by atoms with Crippen molar-refractivity contribution < 1.29 is 18.6 Å². The number of thiocarbonyl (C=S) groups is 1. The van der Waals surface area contributed by atoms with Crippen LogP contribution in [0.4, 0.5) is 5.82 Å². The van der Waals surface area contributed by atoms with Crippen molar-refractivity contribution in [2.45, 2.75) is 57.6 Å². The van der Waals surface area contributed by atoms with Crippen molar-refractivity contribution >= 4 is 53.1 Å². The van der Waals surface area contributed by atoms with E-state index >= 15 is 0 Å². The molecule has 3 heterocycles. The summed E-state index contributed by atoms with van der Waals surface area (Å²) in [6, 6.07) is 28.7. The number of nitrogens with two attached hydrogens (primary N) is 1. The molecule has 0 saturated carbocycles. The van der Waals surface area contributed by atoms with Crippen molar-refractivity contribution in [1.82, 2.24) is 19.5 Å². The van der Waals surface area contributed by atoms with Crippen LogP contribution < -0.4 is 20.8 Å². The molecule has 45 heavy (non-hydrogen) atoms. The molecule has 5 aromatic rings. The first-order valence-corrected chi connectivity index (χ1v) is 17.3. The van der Waals surface area contributed by atoms with Crippen LogP contribution in [0, 0.1) is 6.92 Å². The highest BCUT2D eigenvalue weighted by atomic mass is 32.1. The fraction of sp³-hybridized carbons (Fsp3) is 0.294. The Morgan fingerprint density at radius 2 is 1.60 bits per heavy atom. The maximum atomic E-state index is 7.25. The molecule has 0 amide bonds. The van der Waals surface area contributed by atoms with Gasteiger partial charge in [0.25, 0.3) is 8.32 Å². The number of nitrogens with zero attached hydrogens (tertiary/aromatic N) is 4. The SMILES string of the molecule is Cc1ccc(OC(=S)O[C@H]2C[C@H](n3cnc4c(N)ncnc43)O[C@@H]2CO[Si](c2ccccc2)(c2ccccc2)C(C)(C)C)cc1. The largest absolute Gasteiger partial charge is 0.450 e. The van der Waals surface area contributed by atoms with Crippen molar-refractivity contribution in [2.24, 2.45) is 0 Å². The molecule has 9 nitrogen and oxygen atoms in total. The van der Waals surface area contributed by atoms with Gasteiger partial charge in [-0.05, 0) is 34.5 Å². The standard InChI is InChI=1S/C34H37N5O4SSi/c1-23-15-17-24(18-16-23)41-33(44)43-27-19-29(39-22-38-30-31(35)36-21-37-32(30)39)42-28(27)20-40-45(34(2,3)4,25-11-7-5-8-12-25)26-13-9-6-10-14-26/h5-18,21-22,27-29H,19-20H2,1-4H3,(H2,35,36,37)/t27-,28+,29+/m0/s1. The summed E-state index contributed by atoms with van der Waals surface area (Å²) < 4.78 is 28.0. The number of aromatic nitrogens is 4. The Morgan fingerprint density at radius 3 is 2.22 bits per heavy atom. The van der Waals surface area contributed by atoms with E-state index in [2.05, 4.69) is 84.3 Å². The van der Waals surface area contributed by atoms with Crippen molar-refractivity contribution in [2.75, 3.05) is 12.3 Å². The molecule has 3 atom stereocenters. The third-order valence-electron chi connectivity index (χ3n) is 8.23. The molecule has 1 aliphatic heterocycles.